The van der Waals surface area contributed by atoms with Gasteiger partial charge in [0.2, 0.25) is 0 Å². The first kappa shape index (κ1) is 11.0. The van der Waals surface area contributed by atoms with Crippen molar-refractivity contribution in [2.24, 2.45) is 0 Å². The summed E-state index contributed by atoms with van der Waals surface area (Å²) in [7, 11) is 1.31. The molecule has 1 aromatic rings. The molecule has 0 atom stereocenters. The largest absolute Gasteiger partial charge is 0.465 e. The van der Waals surface area contributed by atoms with Gasteiger partial charge in [-0.1, -0.05) is 17.7 Å². The van der Waals surface area contributed by atoms with Crippen LogP contribution in [0.3, 0.4) is 0 Å². The summed E-state index contributed by atoms with van der Waals surface area (Å²) < 4.78 is 4.60. The normalized spacial score (nSPS) is 16.3. The van der Waals surface area contributed by atoms with Crippen LogP contribution < -0.4 is 0 Å². The summed E-state index contributed by atoms with van der Waals surface area (Å²) in [4.78, 5) is 11.3. The molecule has 0 spiro atoms. The van der Waals surface area contributed by atoms with Crippen LogP contribution in [-0.4, -0.2) is 13.1 Å². The summed E-state index contributed by atoms with van der Waals surface area (Å²) in [6, 6.07) is 7.35. The quantitative estimate of drug-likeness (QED) is 0.741. The van der Waals surface area contributed by atoms with E-state index in [0.717, 1.165) is 18.4 Å². The number of carbonyl (C=O) groups is 1. The van der Waals surface area contributed by atoms with Crippen LogP contribution in [0, 0.1) is 11.3 Å². The molecule has 1 fully saturated rings. The highest BCUT2D eigenvalue weighted by atomic mass is 35.5. The van der Waals surface area contributed by atoms with Gasteiger partial charge in [0.05, 0.1) is 29.2 Å². The molecule has 16 heavy (non-hydrogen) atoms. The molecule has 82 valence electrons. The zero-order valence-electron chi connectivity index (χ0n) is 8.79. The summed E-state index contributed by atoms with van der Waals surface area (Å²) in [6.45, 7) is 0. The van der Waals surface area contributed by atoms with Gasteiger partial charge < -0.3 is 4.74 Å². The van der Waals surface area contributed by atoms with E-state index in [1.54, 1.807) is 18.2 Å². The average Bonchev–Trinajstić information content (AvgIpc) is 3.09. The van der Waals surface area contributed by atoms with E-state index in [0.29, 0.717) is 10.6 Å². The fourth-order valence-electron chi connectivity index (χ4n) is 1.68. The van der Waals surface area contributed by atoms with Gasteiger partial charge in [0.1, 0.15) is 0 Å². The van der Waals surface area contributed by atoms with E-state index < -0.39 is 5.97 Å². The predicted molar refractivity (Wildman–Crippen MR) is 59.3 cm³/mol. The second-order valence-electron chi connectivity index (χ2n) is 3.88. The van der Waals surface area contributed by atoms with Gasteiger partial charge in [-0.3, -0.25) is 0 Å². The number of carbonyl (C=O) groups excluding carboxylic acids is 1. The highest BCUT2D eigenvalue weighted by molar-refractivity contribution is 6.33. The minimum absolute atomic E-state index is 0.335. The maximum atomic E-state index is 11.3. The van der Waals surface area contributed by atoms with E-state index in [1.165, 1.54) is 7.11 Å². The Morgan fingerprint density at radius 1 is 1.56 bits per heavy atom. The molecule has 0 N–H and O–H groups in total. The zero-order valence-corrected chi connectivity index (χ0v) is 9.54. The summed E-state index contributed by atoms with van der Waals surface area (Å²) >= 11 is 5.98. The number of esters is 1. The number of halogens is 1. The smallest absolute Gasteiger partial charge is 0.339 e. The van der Waals surface area contributed by atoms with Gasteiger partial charge in [0.15, 0.2) is 0 Å². The van der Waals surface area contributed by atoms with Gasteiger partial charge in [-0.25, -0.2) is 4.79 Å². The fourth-order valence-corrected chi connectivity index (χ4v) is 1.94. The monoisotopic (exact) mass is 235 g/mol. The minimum atomic E-state index is -0.460. The van der Waals surface area contributed by atoms with Crippen molar-refractivity contribution >= 4 is 17.6 Å². The van der Waals surface area contributed by atoms with Crippen molar-refractivity contribution in [2.75, 3.05) is 7.11 Å². The summed E-state index contributed by atoms with van der Waals surface area (Å²) in [5.74, 6) is -0.460. The van der Waals surface area contributed by atoms with Gasteiger partial charge in [0.25, 0.3) is 0 Å². The van der Waals surface area contributed by atoms with Gasteiger partial charge in [0, 0.05) is 0 Å². The van der Waals surface area contributed by atoms with E-state index in [4.69, 9.17) is 16.9 Å². The van der Waals surface area contributed by atoms with Gasteiger partial charge in [-0.2, -0.15) is 5.26 Å². The predicted octanol–water partition coefficient (Wildman–Crippen LogP) is 2.68. The lowest BCUT2D eigenvalue weighted by Gasteiger charge is -2.08. The Morgan fingerprint density at radius 2 is 2.25 bits per heavy atom. The van der Waals surface area contributed by atoms with E-state index >= 15 is 0 Å². The topological polar surface area (TPSA) is 50.1 Å². The van der Waals surface area contributed by atoms with Crippen LogP contribution in [0.5, 0.6) is 0 Å². The van der Waals surface area contributed by atoms with E-state index in [9.17, 15) is 4.79 Å². The summed E-state index contributed by atoms with van der Waals surface area (Å²) in [5, 5.41) is 9.38. The first-order valence-corrected chi connectivity index (χ1v) is 5.30. The number of nitriles is 1. The third-order valence-electron chi connectivity index (χ3n) is 2.89. The van der Waals surface area contributed by atoms with Crippen molar-refractivity contribution in [1.29, 1.82) is 5.26 Å². The zero-order chi connectivity index (χ0) is 11.8. The molecular formula is C12H10ClNO2. The van der Waals surface area contributed by atoms with Crippen molar-refractivity contribution in [3.8, 4) is 6.07 Å². The molecule has 2 rings (SSSR count). The Bertz CT molecular complexity index is 486. The molecule has 1 aromatic carbocycles. The van der Waals surface area contributed by atoms with Crippen molar-refractivity contribution in [3.63, 3.8) is 0 Å². The number of nitrogens with zero attached hydrogens (tertiary/aromatic N) is 1. The van der Waals surface area contributed by atoms with Crippen LogP contribution in [-0.2, 0) is 10.2 Å². The molecule has 0 aliphatic heterocycles. The molecule has 3 nitrogen and oxygen atoms in total. The first-order chi connectivity index (χ1) is 7.63. The van der Waals surface area contributed by atoms with Crippen molar-refractivity contribution in [1.82, 2.24) is 0 Å². The molecule has 0 aromatic heterocycles. The number of ether oxygens (including phenoxy) is 1. The first-order valence-electron chi connectivity index (χ1n) is 4.92. The van der Waals surface area contributed by atoms with E-state index in [1.807, 2.05) is 0 Å². The second kappa shape index (κ2) is 3.80. The third-order valence-corrected chi connectivity index (χ3v) is 3.20. The minimum Gasteiger partial charge on any atom is -0.465 e. The number of hydrogen-bond donors (Lipinski definition) is 0. The summed E-state index contributed by atoms with van der Waals surface area (Å²) in [5.41, 5.74) is 0.840. The van der Waals surface area contributed by atoms with Crippen LogP contribution >= 0.6 is 11.6 Å². The Labute approximate surface area is 98.6 Å². The molecular weight excluding hydrogens is 226 g/mol. The molecule has 1 saturated carbocycles. The highest BCUT2D eigenvalue weighted by Gasteiger charge is 2.45. The number of hydrogen-bond acceptors (Lipinski definition) is 3. The van der Waals surface area contributed by atoms with Crippen LogP contribution in [0.4, 0.5) is 0 Å². The van der Waals surface area contributed by atoms with Gasteiger partial charge in [-0.15, -0.1) is 0 Å². The molecule has 0 unspecified atom stereocenters. The molecule has 0 radical (unpaired) electrons. The van der Waals surface area contributed by atoms with E-state index in [2.05, 4.69) is 10.8 Å². The number of benzene rings is 1. The molecule has 0 amide bonds. The lowest BCUT2D eigenvalue weighted by molar-refractivity contribution is 0.0601. The average molecular weight is 236 g/mol. The highest BCUT2D eigenvalue weighted by Crippen LogP contribution is 2.48. The van der Waals surface area contributed by atoms with Crippen LogP contribution in [0.25, 0.3) is 0 Å². The Morgan fingerprint density at radius 3 is 2.69 bits per heavy atom. The fraction of sp³-hybridized carbons (Fsp3) is 0.333. The summed E-state index contributed by atoms with van der Waals surface area (Å²) in [6.07, 6.45) is 1.72. The standard InChI is InChI=1S/C12H10ClNO2/c1-16-11(15)9-3-2-8(6-10(9)13)12(7-14)4-5-12/h2-3,6H,4-5H2,1H3. The number of methoxy groups -OCH3 is 1. The molecule has 0 heterocycles. The second-order valence-corrected chi connectivity index (χ2v) is 4.29. The Hall–Kier alpha value is -1.53. The van der Waals surface area contributed by atoms with Gasteiger partial charge >= 0.3 is 5.97 Å². The SMILES string of the molecule is COC(=O)c1ccc(C2(C#N)CC2)cc1Cl. The third kappa shape index (κ3) is 1.66. The Balaban J connectivity index is 2.38. The van der Waals surface area contributed by atoms with Crippen molar-refractivity contribution in [2.45, 2.75) is 18.3 Å². The van der Waals surface area contributed by atoms with Crippen LogP contribution in [0.2, 0.25) is 5.02 Å². The lowest BCUT2D eigenvalue weighted by Crippen LogP contribution is -2.06. The molecule has 0 saturated heterocycles. The number of rotatable bonds is 2. The maximum Gasteiger partial charge on any atom is 0.339 e. The Kier molecular flexibility index (Phi) is 2.61. The molecule has 1 aliphatic rings. The molecule has 0 bridgehead atoms. The van der Waals surface area contributed by atoms with Crippen LogP contribution in [0.15, 0.2) is 18.2 Å². The van der Waals surface area contributed by atoms with Crippen molar-refractivity contribution in [3.05, 3.63) is 34.3 Å². The van der Waals surface area contributed by atoms with Gasteiger partial charge in [-0.05, 0) is 30.5 Å². The lowest BCUT2D eigenvalue weighted by atomic mass is 9.96. The molecule has 4 heteroatoms. The van der Waals surface area contributed by atoms with Crippen LogP contribution in [0.1, 0.15) is 28.8 Å². The maximum absolute atomic E-state index is 11.3. The van der Waals surface area contributed by atoms with Crippen molar-refractivity contribution < 1.29 is 9.53 Å². The molecule has 1 aliphatic carbocycles. The van der Waals surface area contributed by atoms with E-state index in [-0.39, 0.29) is 5.41 Å².